The molecule has 0 saturated carbocycles. The van der Waals surface area contributed by atoms with Gasteiger partial charge in [0.15, 0.2) is 0 Å². The Labute approximate surface area is 156 Å². The average Bonchev–Trinajstić information content (AvgIpc) is 2.63. The zero-order chi connectivity index (χ0) is 18.4. The molecule has 2 aromatic rings. The molecule has 25 heavy (non-hydrogen) atoms. The summed E-state index contributed by atoms with van der Waals surface area (Å²) in [6, 6.07) is 12.1. The Morgan fingerprint density at radius 2 is 1.72 bits per heavy atom. The molecule has 0 aromatic heterocycles. The molecule has 0 saturated heterocycles. The number of carbonyl (C=O) groups excluding carboxylic acids is 2. The van der Waals surface area contributed by atoms with Crippen LogP contribution in [0.1, 0.15) is 34.6 Å². The van der Waals surface area contributed by atoms with Gasteiger partial charge in [-0.2, -0.15) is 0 Å². The molecule has 0 radical (unpaired) electrons. The highest BCUT2D eigenvalue weighted by atomic mass is 79.9. The molecule has 0 spiro atoms. The van der Waals surface area contributed by atoms with E-state index >= 15 is 0 Å². The molecular formula is C19H21BrN2O3. The first-order valence-corrected chi connectivity index (χ1v) is 8.83. The number of ether oxygens (including phenoxy) is 1. The van der Waals surface area contributed by atoms with E-state index in [4.69, 9.17) is 4.74 Å². The van der Waals surface area contributed by atoms with Crippen LogP contribution in [0.5, 0.6) is 5.75 Å². The summed E-state index contributed by atoms with van der Waals surface area (Å²) in [6.45, 7) is 5.22. The largest absolute Gasteiger partial charge is 0.496 e. The number of hydrogen-bond acceptors (Lipinski definition) is 3. The lowest BCUT2D eigenvalue weighted by Gasteiger charge is -2.18. The number of anilines is 1. The number of benzene rings is 2. The van der Waals surface area contributed by atoms with E-state index in [1.54, 1.807) is 41.3 Å². The second kappa shape index (κ2) is 8.67. The van der Waals surface area contributed by atoms with Gasteiger partial charge in [0.05, 0.1) is 12.7 Å². The van der Waals surface area contributed by atoms with E-state index in [0.717, 1.165) is 4.47 Å². The number of nitrogens with zero attached hydrogens (tertiary/aromatic N) is 1. The summed E-state index contributed by atoms with van der Waals surface area (Å²) >= 11 is 3.35. The van der Waals surface area contributed by atoms with Crippen molar-refractivity contribution in [3.8, 4) is 5.75 Å². The second-order valence-electron chi connectivity index (χ2n) is 5.35. The van der Waals surface area contributed by atoms with Crippen molar-refractivity contribution in [3.63, 3.8) is 0 Å². The fourth-order valence-electron chi connectivity index (χ4n) is 2.45. The van der Waals surface area contributed by atoms with Crippen LogP contribution in [0.15, 0.2) is 46.9 Å². The number of amides is 2. The molecule has 0 bridgehead atoms. The zero-order valence-electron chi connectivity index (χ0n) is 14.5. The number of halogens is 1. The summed E-state index contributed by atoms with van der Waals surface area (Å²) in [4.78, 5) is 26.5. The Balaban J connectivity index is 2.15. The van der Waals surface area contributed by atoms with Crippen molar-refractivity contribution in [3.05, 3.63) is 58.1 Å². The van der Waals surface area contributed by atoms with E-state index in [2.05, 4.69) is 21.2 Å². The first-order valence-electron chi connectivity index (χ1n) is 8.04. The number of hydrogen-bond donors (Lipinski definition) is 1. The maximum absolute atomic E-state index is 12.5. The minimum atomic E-state index is -0.277. The quantitative estimate of drug-likeness (QED) is 0.784. The third kappa shape index (κ3) is 4.60. The maximum Gasteiger partial charge on any atom is 0.259 e. The van der Waals surface area contributed by atoms with Crippen LogP contribution in [-0.2, 0) is 0 Å². The van der Waals surface area contributed by atoms with E-state index in [1.165, 1.54) is 7.11 Å². The molecule has 0 aliphatic carbocycles. The van der Waals surface area contributed by atoms with Crippen molar-refractivity contribution < 1.29 is 14.3 Å². The van der Waals surface area contributed by atoms with Gasteiger partial charge in [-0.1, -0.05) is 15.9 Å². The summed E-state index contributed by atoms with van der Waals surface area (Å²) in [5.41, 5.74) is 1.64. The summed E-state index contributed by atoms with van der Waals surface area (Å²) in [7, 11) is 1.52. The molecule has 2 aromatic carbocycles. The standard InChI is InChI=1S/C19H21BrN2O3/c1-4-22(5-2)19(24)13-6-9-15(10-7-13)21-18(23)16-12-14(20)8-11-17(16)25-3/h6-12H,4-5H2,1-3H3,(H,21,23). The van der Waals surface area contributed by atoms with Crippen LogP contribution in [0.2, 0.25) is 0 Å². The lowest BCUT2D eigenvalue weighted by atomic mass is 10.1. The average molecular weight is 405 g/mol. The van der Waals surface area contributed by atoms with Crippen molar-refractivity contribution in [1.29, 1.82) is 0 Å². The molecule has 0 atom stereocenters. The number of rotatable bonds is 6. The highest BCUT2D eigenvalue weighted by Gasteiger charge is 2.15. The number of nitrogens with one attached hydrogen (secondary N) is 1. The minimum absolute atomic E-state index is 0.0171. The Hall–Kier alpha value is -2.34. The molecule has 5 nitrogen and oxygen atoms in total. The van der Waals surface area contributed by atoms with Crippen LogP contribution in [0.4, 0.5) is 5.69 Å². The normalized spacial score (nSPS) is 10.2. The van der Waals surface area contributed by atoms with Gasteiger partial charge in [-0.15, -0.1) is 0 Å². The summed E-state index contributed by atoms with van der Waals surface area (Å²) in [6.07, 6.45) is 0. The first-order chi connectivity index (χ1) is 12.0. The minimum Gasteiger partial charge on any atom is -0.496 e. The second-order valence-corrected chi connectivity index (χ2v) is 6.27. The molecule has 0 aliphatic heterocycles. The fourth-order valence-corrected chi connectivity index (χ4v) is 2.81. The molecule has 0 heterocycles. The van der Waals surface area contributed by atoms with E-state index in [1.807, 2.05) is 19.9 Å². The van der Waals surface area contributed by atoms with E-state index in [9.17, 15) is 9.59 Å². The van der Waals surface area contributed by atoms with Crippen LogP contribution in [0.25, 0.3) is 0 Å². The molecule has 1 N–H and O–H groups in total. The molecule has 2 rings (SSSR count). The van der Waals surface area contributed by atoms with E-state index in [0.29, 0.717) is 35.7 Å². The van der Waals surface area contributed by atoms with Crippen LogP contribution >= 0.6 is 15.9 Å². The van der Waals surface area contributed by atoms with Gasteiger partial charge in [0.1, 0.15) is 5.75 Å². The van der Waals surface area contributed by atoms with Gasteiger partial charge < -0.3 is 15.0 Å². The van der Waals surface area contributed by atoms with Gasteiger partial charge in [0.2, 0.25) is 0 Å². The third-order valence-corrected chi connectivity index (χ3v) is 4.34. The SMILES string of the molecule is CCN(CC)C(=O)c1ccc(NC(=O)c2cc(Br)ccc2OC)cc1. The Kier molecular flexibility index (Phi) is 6.58. The summed E-state index contributed by atoms with van der Waals surface area (Å²) < 4.78 is 6.02. The first kappa shape index (κ1) is 19.0. The van der Waals surface area contributed by atoms with Crippen LogP contribution < -0.4 is 10.1 Å². The van der Waals surface area contributed by atoms with Gasteiger partial charge in [-0.25, -0.2) is 0 Å². The third-order valence-electron chi connectivity index (χ3n) is 3.85. The Morgan fingerprint density at radius 1 is 1.08 bits per heavy atom. The maximum atomic E-state index is 12.5. The van der Waals surface area contributed by atoms with Gasteiger partial charge >= 0.3 is 0 Å². The zero-order valence-corrected chi connectivity index (χ0v) is 16.1. The highest BCUT2D eigenvalue weighted by Crippen LogP contribution is 2.24. The van der Waals surface area contributed by atoms with Crippen molar-refractivity contribution in [2.45, 2.75) is 13.8 Å². The molecule has 132 valence electrons. The highest BCUT2D eigenvalue weighted by molar-refractivity contribution is 9.10. The number of carbonyl (C=O) groups is 2. The number of methoxy groups -OCH3 is 1. The van der Waals surface area contributed by atoms with E-state index in [-0.39, 0.29) is 11.8 Å². The molecule has 2 amide bonds. The predicted octanol–water partition coefficient (Wildman–Crippen LogP) is 4.19. The summed E-state index contributed by atoms with van der Waals surface area (Å²) in [5, 5.41) is 2.82. The van der Waals surface area contributed by atoms with Crippen LogP contribution in [0, 0.1) is 0 Å². The van der Waals surface area contributed by atoms with Gasteiger partial charge in [0, 0.05) is 28.8 Å². The topological polar surface area (TPSA) is 58.6 Å². The van der Waals surface area contributed by atoms with Crippen molar-refractivity contribution in [2.75, 3.05) is 25.5 Å². The van der Waals surface area contributed by atoms with Crippen molar-refractivity contribution >= 4 is 33.4 Å². The van der Waals surface area contributed by atoms with Gasteiger partial charge in [0.25, 0.3) is 11.8 Å². The smallest absolute Gasteiger partial charge is 0.259 e. The van der Waals surface area contributed by atoms with Crippen LogP contribution in [-0.4, -0.2) is 36.9 Å². The van der Waals surface area contributed by atoms with Crippen molar-refractivity contribution in [1.82, 2.24) is 4.90 Å². The molecule has 0 aliphatic rings. The lowest BCUT2D eigenvalue weighted by molar-refractivity contribution is 0.0773. The Morgan fingerprint density at radius 3 is 2.28 bits per heavy atom. The van der Waals surface area contributed by atoms with Gasteiger partial charge in [-0.3, -0.25) is 9.59 Å². The van der Waals surface area contributed by atoms with Crippen LogP contribution in [0.3, 0.4) is 0 Å². The lowest BCUT2D eigenvalue weighted by Crippen LogP contribution is -2.30. The summed E-state index contributed by atoms with van der Waals surface area (Å²) in [5.74, 6) is 0.200. The molecular weight excluding hydrogens is 384 g/mol. The molecule has 0 unspecified atom stereocenters. The fraction of sp³-hybridized carbons (Fsp3) is 0.263. The molecule has 0 fully saturated rings. The van der Waals surface area contributed by atoms with Crippen molar-refractivity contribution in [2.24, 2.45) is 0 Å². The van der Waals surface area contributed by atoms with Gasteiger partial charge in [-0.05, 0) is 56.3 Å². The Bertz CT molecular complexity index is 756. The van der Waals surface area contributed by atoms with E-state index < -0.39 is 0 Å². The molecule has 6 heteroatoms. The predicted molar refractivity (Wildman–Crippen MR) is 102 cm³/mol. The monoisotopic (exact) mass is 404 g/mol.